The molecule has 1 aliphatic heterocycles. The summed E-state index contributed by atoms with van der Waals surface area (Å²) in [6.45, 7) is 3.78. The molecule has 0 radical (unpaired) electrons. The van der Waals surface area contributed by atoms with Crippen LogP contribution in [0.3, 0.4) is 0 Å². The Morgan fingerprint density at radius 3 is 2.41 bits per heavy atom. The van der Waals surface area contributed by atoms with Gasteiger partial charge >= 0.3 is 12.5 Å². The number of carbonyl (C=O) groups excluding carboxylic acids is 2. The number of aromatic nitrogens is 2. The van der Waals surface area contributed by atoms with E-state index in [-0.39, 0.29) is 23.5 Å². The van der Waals surface area contributed by atoms with Crippen molar-refractivity contribution >= 4 is 45.9 Å². The molecule has 0 saturated carbocycles. The molecule has 1 aromatic heterocycles. The molecule has 1 aliphatic rings. The van der Waals surface area contributed by atoms with Gasteiger partial charge in [-0.1, -0.05) is 23.1 Å². The van der Waals surface area contributed by atoms with E-state index in [0.717, 1.165) is 0 Å². The number of benzene rings is 1. The van der Waals surface area contributed by atoms with E-state index in [1.807, 2.05) is 0 Å². The molecule has 0 atom stereocenters. The standard InChI is InChI=1S/C18H20F3N5O4S2/c1-2-29-17(28)26-9-7-25(8-10-26)14(27)11-31-16-24-23-15(32-16)22-12-3-5-13(6-4-12)30-18(19,20)21/h3-6H,2,7-11H2,1H3,(H,22,23). The number of hydrogen-bond acceptors (Lipinski definition) is 9. The van der Waals surface area contributed by atoms with Crippen molar-refractivity contribution in [3.05, 3.63) is 24.3 Å². The SMILES string of the molecule is CCOC(=O)N1CCN(C(=O)CSc2nnc(Nc3ccc(OC(F)(F)F)cc3)s2)CC1. The number of amides is 2. The molecular weight excluding hydrogens is 471 g/mol. The second kappa shape index (κ2) is 10.7. The second-order valence-electron chi connectivity index (χ2n) is 6.43. The van der Waals surface area contributed by atoms with Gasteiger partial charge in [0.2, 0.25) is 11.0 Å². The van der Waals surface area contributed by atoms with E-state index in [1.165, 1.54) is 47.4 Å². The van der Waals surface area contributed by atoms with Crippen LogP contribution in [0.2, 0.25) is 0 Å². The van der Waals surface area contributed by atoms with Crippen molar-refractivity contribution in [2.45, 2.75) is 17.6 Å². The lowest BCUT2D eigenvalue weighted by atomic mass is 10.3. The van der Waals surface area contributed by atoms with Crippen LogP contribution >= 0.6 is 23.1 Å². The number of nitrogens with one attached hydrogen (secondary N) is 1. The Morgan fingerprint density at radius 2 is 1.78 bits per heavy atom. The molecule has 1 saturated heterocycles. The van der Waals surface area contributed by atoms with Gasteiger partial charge in [-0.25, -0.2) is 4.79 Å². The van der Waals surface area contributed by atoms with Gasteiger partial charge in [-0.15, -0.1) is 23.4 Å². The molecule has 0 spiro atoms. The van der Waals surface area contributed by atoms with Gasteiger partial charge in [0.25, 0.3) is 0 Å². The van der Waals surface area contributed by atoms with Crippen molar-refractivity contribution in [3.8, 4) is 5.75 Å². The van der Waals surface area contributed by atoms with Crippen molar-refractivity contribution in [3.63, 3.8) is 0 Å². The van der Waals surface area contributed by atoms with E-state index in [0.29, 0.717) is 47.9 Å². The highest BCUT2D eigenvalue weighted by molar-refractivity contribution is 8.01. The highest BCUT2D eigenvalue weighted by Gasteiger charge is 2.31. The van der Waals surface area contributed by atoms with Crippen LogP contribution in [0.4, 0.5) is 28.8 Å². The Kier molecular flexibility index (Phi) is 8.01. The summed E-state index contributed by atoms with van der Waals surface area (Å²) in [7, 11) is 0. The summed E-state index contributed by atoms with van der Waals surface area (Å²) < 4.78 is 46.0. The summed E-state index contributed by atoms with van der Waals surface area (Å²) in [4.78, 5) is 27.4. The molecule has 0 bridgehead atoms. The third kappa shape index (κ3) is 7.15. The molecular formula is C18H20F3N5O4S2. The van der Waals surface area contributed by atoms with Crippen molar-refractivity contribution in [1.82, 2.24) is 20.0 Å². The first-order valence-electron chi connectivity index (χ1n) is 9.52. The smallest absolute Gasteiger partial charge is 0.450 e. The maximum Gasteiger partial charge on any atom is 0.573 e. The van der Waals surface area contributed by atoms with Gasteiger partial charge in [-0.2, -0.15) is 0 Å². The summed E-state index contributed by atoms with van der Waals surface area (Å²) >= 11 is 2.46. The minimum atomic E-state index is -4.74. The third-order valence-electron chi connectivity index (χ3n) is 4.22. The van der Waals surface area contributed by atoms with Gasteiger partial charge in [-0.05, 0) is 31.2 Å². The fourth-order valence-corrected chi connectivity index (χ4v) is 4.42. The Morgan fingerprint density at radius 1 is 1.12 bits per heavy atom. The number of halogens is 3. The minimum absolute atomic E-state index is 0.0662. The normalized spacial score (nSPS) is 14.2. The van der Waals surface area contributed by atoms with E-state index in [4.69, 9.17) is 4.74 Å². The Labute approximate surface area is 189 Å². The van der Waals surface area contributed by atoms with Gasteiger partial charge in [-0.3, -0.25) is 4.79 Å². The van der Waals surface area contributed by atoms with E-state index >= 15 is 0 Å². The van der Waals surface area contributed by atoms with Gasteiger partial charge in [0.1, 0.15) is 5.75 Å². The first kappa shape index (κ1) is 23.9. The molecule has 0 aliphatic carbocycles. The quantitative estimate of drug-likeness (QED) is 0.588. The zero-order valence-electron chi connectivity index (χ0n) is 16.9. The minimum Gasteiger partial charge on any atom is -0.450 e. The number of piperazine rings is 1. The molecule has 32 heavy (non-hydrogen) atoms. The van der Waals surface area contributed by atoms with Crippen LogP contribution in [0, 0.1) is 0 Å². The fourth-order valence-electron chi connectivity index (χ4n) is 2.75. The van der Waals surface area contributed by atoms with Crippen LogP contribution < -0.4 is 10.1 Å². The third-order valence-corrected chi connectivity index (χ3v) is 6.18. The van der Waals surface area contributed by atoms with Gasteiger partial charge in [0, 0.05) is 31.9 Å². The zero-order valence-corrected chi connectivity index (χ0v) is 18.6. The highest BCUT2D eigenvalue weighted by atomic mass is 32.2. The zero-order chi connectivity index (χ0) is 23.1. The van der Waals surface area contributed by atoms with Crippen LogP contribution in [0.1, 0.15) is 6.92 Å². The maximum atomic E-state index is 12.4. The lowest BCUT2D eigenvalue weighted by molar-refractivity contribution is -0.274. The van der Waals surface area contributed by atoms with E-state index in [1.54, 1.807) is 16.7 Å². The monoisotopic (exact) mass is 491 g/mol. The van der Waals surface area contributed by atoms with Crippen LogP contribution in [0.25, 0.3) is 0 Å². The van der Waals surface area contributed by atoms with Gasteiger partial charge < -0.3 is 24.6 Å². The Bertz CT molecular complexity index is 918. The lowest BCUT2D eigenvalue weighted by Crippen LogP contribution is -2.51. The van der Waals surface area contributed by atoms with Crippen molar-refractivity contribution in [1.29, 1.82) is 0 Å². The molecule has 1 N–H and O–H groups in total. The summed E-state index contributed by atoms with van der Waals surface area (Å²) in [5.41, 5.74) is 0.516. The first-order valence-corrected chi connectivity index (χ1v) is 11.3. The van der Waals surface area contributed by atoms with E-state index in [2.05, 4.69) is 20.3 Å². The second-order valence-corrected chi connectivity index (χ2v) is 8.63. The maximum absolute atomic E-state index is 12.4. The summed E-state index contributed by atoms with van der Waals surface area (Å²) in [5.74, 6) is -0.209. The lowest BCUT2D eigenvalue weighted by Gasteiger charge is -2.33. The number of rotatable bonds is 7. The topological polar surface area (TPSA) is 96.9 Å². The van der Waals surface area contributed by atoms with Crippen LogP contribution in [-0.2, 0) is 9.53 Å². The van der Waals surface area contributed by atoms with Crippen LogP contribution in [0.15, 0.2) is 28.6 Å². The summed E-state index contributed by atoms with van der Waals surface area (Å²) in [6, 6.07) is 5.23. The molecule has 1 aromatic carbocycles. The molecule has 2 heterocycles. The van der Waals surface area contributed by atoms with Crippen molar-refractivity contribution in [2.75, 3.05) is 43.9 Å². The largest absolute Gasteiger partial charge is 0.573 e. The molecule has 0 unspecified atom stereocenters. The van der Waals surface area contributed by atoms with Crippen molar-refractivity contribution in [2.24, 2.45) is 0 Å². The Balaban J connectivity index is 1.43. The van der Waals surface area contributed by atoms with Gasteiger partial charge in [0.15, 0.2) is 4.34 Å². The number of ether oxygens (including phenoxy) is 2. The number of nitrogens with zero attached hydrogens (tertiary/aromatic N) is 4. The summed E-state index contributed by atoms with van der Waals surface area (Å²) in [6.07, 6.45) is -5.11. The molecule has 174 valence electrons. The predicted octanol–water partition coefficient (Wildman–Crippen LogP) is 3.57. The Hall–Kier alpha value is -2.74. The fraction of sp³-hybridized carbons (Fsp3) is 0.444. The molecule has 3 rings (SSSR count). The molecule has 2 aromatic rings. The highest BCUT2D eigenvalue weighted by Crippen LogP contribution is 2.29. The molecule has 1 fully saturated rings. The van der Waals surface area contributed by atoms with E-state index < -0.39 is 6.36 Å². The van der Waals surface area contributed by atoms with Gasteiger partial charge in [0.05, 0.1) is 12.4 Å². The molecule has 9 nitrogen and oxygen atoms in total. The average Bonchev–Trinajstić information content (AvgIpc) is 3.20. The summed E-state index contributed by atoms with van der Waals surface area (Å²) in [5, 5.41) is 11.4. The number of carbonyl (C=O) groups is 2. The number of alkyl halides is 3. The average molecular weight is 492 g/mol. The van der Waals surface area contributed by atoms with Crippen LogP contribution in [-0.4, -0.2) is 76.9 Å². The van der Waals surface area contributed by atoms with Crippen molar-refractivity contribution < 1.29 is 32.2 Å². The molecule has 2 amide bonds. The number of anilines is 2. The van der Waals surface area contributed by atoms with Crippen LogP contribution in [0.5, 0.6) is 5.75 Å². The number of thioether (sulfide) groups is 1. The number of hydrogen-bond donors (Lipinski definition) is 1. The van der Waals surface area contributed by atoms with E-state index in [9.17, 15) is 22.8 Å². The first-order chi connectivity index (χ1) is 15.2. The molecule has 14 heteroatoms. The predicted molar refractivity (Wildman–Crippen MR) is 112 cm³/mol.